The SMILES string of the molecule is [C-]#[N+]C(CC)=C1CCN(c2ccc(N3C[C@H](CNC(=O)C(Cl)Cl)OC3=O)cc2F)CC1. The predicted molar refractivity (Wildman–Crippen MR) is 118 cm³/mol. The first kappa shape index (κ1) is 23.2. The zero-order valence-corrected chi connectivity index (χ0v) is 18.5. The lowest BCUT2D eigenvalue weighted by Gasteiger charge is -2.31. The minimum Gasteiger partial charge on any atom is -0.442 e. The van der Waals surface area contributed by atoms with Crippen molar-refractivity contribution < 1.29 is 18.7 Å². The van der Waals surface area contributed by atoms with E-state index in [9.17, 15) is 14.0 Å². The van der Waals surface area contributed by atoms with Crippen molar-refractivity contribution in [3.8, 4) is 0 Å². The Morgan fingerprint density at radius 2 is 2.10 bits per heavy atom. The first-order valence-electron chi connectivity index (χ1n) is 10.0. The van der Waals surface area contributed by atoms with E-state index >= 15 is 0 Å². The van der Waals surface area contributed by atoms with Crippen LogP contribution in [0.2, 0.25) is 0 Å². The van der Waals surface area contributed by atoms with E-state index in [1.165, 1.54) is 11.0 Å². The summed E-state index contributed by atoms with van der Waals surface area (Å²) in [5, 5.41) is 2.49. The molecule has 0 spiro atoms. The summed E-state index contributed by atoms with van der Waals surface area (Å²) in [5.41, 5.74) is 2.81. The second-order valence-electron chi connectivity index (χ2n) is 7.30. The van der Waals surface area contributed by atoms with E-state index in [1.807, 2.05) is 11.8 Å². The molecule has 10 heteroatoms. The van der Waals surface area contributed by atoms with Crippen LogP contribution < -0.4 is 15.1 Å². The van der Waals surface area contributed by atoms with E-state index in [2.05, 4.69) is 10.2 Å². The molecule has 31 heavy (non-hydrogen) atoms. The molecule has 2 saturated heterocycles. The zero-order valence-electron chi connectivity index (χ0n) is 17.0. The topological polar surface area (TPSA) is 66.2 Å². The molecule has 2 amide bonds. The zero-order chi connectivity index (χ0) is 22.5. The summed E-state index contributed by atoms with van der Waals surface area (Å²) in [7, 11) is 0. The third kappa shape index (κ3) is 5.41. The van der Waals surface area contributed by atoms with Gasteiger partial charge in [-0.25, -0.2) is 14.0 Å². The highest BCUT2D eigenvalue weighted by atomic mass is 35.5. The quantitative estimate of drug-likeness (QED) is 0.500. The summed E-state index contributed by atoms with van der Waals surface area (Å²) in [5.74, 6) is -1.00. The molecule has 0 aliphatic carbocycles. The molecule has 166 valence electrons. The van der Waals surface area contributed by atoms with Gasteiger partial charge in [0.05, 0.1) is 31.0 Å². The molecule has 2 aliphatic heterocycles. The Hall–Kier alpha value is -2.50. The van der Waals surface area contributed by atoms with E-state index < -0.39 is 28.8 Å². The number of cyclic esters (lactones) is 1. The molecule has 1 aromatic rings. The molecule has 0 unspecified atom stereocenters. The molecule has 0 radical (unpaired) electrons. The van der Waals surface area contributed by atoms with Gasteiger partial charge in [0.25, 0.3) is 5.91 Å². The summed E-state index contributed by atoms with van der Waals surface area (Å²) in [6.45, 7) is 10.7. The molecule has 1 aromatic carbocycles. The van der Waals surface area contributed by atoms with E-state index in [-0.39, 0.29) is 13.1 Å². The number of halogens is 3. The van der Waals surface area contributed by atoms with Gasteiger partial charge in [0.2, 0.25) is 0 Å². The summed E-state index contributed by atoms with van der Waals surface area (Å²) in [4.78, 5) is 29.3. The van der Waals surface area contributed by atoms with Crippen LogP contribution in [0.4, 0.5) is 20.6 Å². The number of hydrogen-bond acceptors (Lipinski definition) is 4. The second kappa shape index (κ2) is 10.2. The molecule has 2 fully saturated rings. The summed E-state index contributed by atoms with van der Waals surface area (Å²) in [6, 6.07) is 4.65. The van der Waals surface area contributed by atoms with Crippen molar-refractivity contribution in [1.82, 2.24) is 5.32 Å². The van der Waals surface area contributed by atoms with Gasteiger partial charge in [0.15, 0.2) is 10.5 Å². The Balaban J connectivity index is 1.64. The monoisotopic (exact) mass is 468 g/mol. The lowest BCUT2D eigenvalue weighted by Crippen LogP contribution is -2.37. The third-order valence-electron chi connectivity index (χ3n) is 5.40. The van der Waals surface area contributed by atoms with Gasteiger partial charge in [-0.2, -0.15) is 0 Å². The van der Waals surface area contributed by atoms with Gasteiger partial charge in [0, 0.05) is 13.1 Å². The normalized spacial score (nSPS) is 18.8. The highest BCUT2D eigenvalue weighted by Gasteiger charge is 2.33. The maximum absolute atomic E-state index is 14.9. The van der Waals surface area contributed by atoms with Gasteiger partial charge >= 0.3 is 6.09 Å². The fraction of sp³-hybridized carbons (Fsp3) is 0.476. The number of alkyl halides is 2. The Bertz CT molecular complexity index is 922. The van der Waals surface area contributed by atoms with Crippen LogP contribution in [0.5, 0.6) is 0 Å². The lowest BCUT2D eigenvalue weighted by atomic mass is 10.00. The van der Waals surface area contributed by atoms with E-state index in [0.29, 0.717) is 24.5 Å². The van der Waals surface area contributed by atoms with E-state index in [1.54, 1.807) is 12.1 Å². The fourth-order valence-electron chi connectivity index (χ4n) is 3.76. The molecule has 2 aliphatic rings. The second-order valence-corrected chi connectivity index (χ2v) is 8.40. The molecular weight excluding hydrogens is 446 g/mol. The number of nitrogens with zero attached hydrogens (tertiary/aromatic N) is 3. The number of piperidine rings is 1. The van der Waals surface area contributed by atoms with Crippen LogP contribution in [0.3, 0.4) is 0 Å². The molecule has 1 atom stereocenters. The van der Waals surface area contributed by atoms with Gasteiger partial charge in [-0.1, -0.05) is 35.7 Å². The first-order chi connectivity index (χ1) is 14.8. The molecule has 0 bridgehead atoms. The van der Waals surface area contributed by atoms with Crippen molar-refractivity contribution in [1.29, 1.82) is 0 Å². The number of nitrogens with one attached hydrogen (secondary N) is 1. The van der Waals surface area contributed by atoms with Gasteiger partial charge < -0.3 is 15.0 Å². The maximum atomic E-state index is 14.9. The number of rotatable bonds is 6. The number of carbonyl (C=O) groups is 2. The molecule has 0 saturated carbocycles. The number of benzene rings is 1. The smallest absolute Gasteiger partial charge is 0.414 e. The van der Waals surface area contributed by atoms with Crippen LogP contribution >= 0.6 is 23.2 Å². The highest BCUT2D eigenvalue weighted by molar-refractivity contribution is 6.53. The van der Waals surface area contributed by atoms with Crippen molar-refractivity contribution in [2.24, 2.45) is 0 Å². The number of ether oxygens (including phenoxy) is 1. The molecular formula is C21H23Cl2FN4O3. The van der Waals surface area contributed by atoms with Crippen LogP contribution in [0.1, 0.15) is 26.2 Å². The lowest BCUT2D eigenvalue weighted by molar-refractivity contribution is -0.119. The molecule has 0 aromatic heterocycles. The average Bonchev–Trinajstić information content (AvgIpc) is 3.14. The third-order valence-corrected chi connectivity index (χ3v) is 5.80. The van der Waals surface area contributed by atoms with Crippen molar-refractivity contribution in [3.63, 3.8) is 0 Å². The van der Waals surface area contributed by atoms with Crippen molar-refractivity contribution in [2.75, 3.05) is 36.0 Å². The van der Waals surface area contributed by atoms with Crippen LogP contribution in [-0.2, 0) is 9.53 Å². The van der Waals surface area contributed by atoms with Crippen LogP contribution in [0.15, 0.2) is 29.5 Å². The summed E-state index contributed by atoms with van der Waals surface area (Å²) < 4.78 is 20.1. The Morgan fingerprint density at radius 3 is 2.68 bits per heavy atom. The summed E-state index contributed by atoms with van der Waals surface area (Å²) in [6.07, 6.45) is 0.998. The Kier molecular flexibility index (Phi) is 7.63. The number of anilines is 2. The Labute approximate surface area is 190 Å². The first-order valence-corrected chi connectivity index (χ1v) is 10.9. The molecule has 7 nitrogen and oxygen atoms in total. The number of hydrogen-bond donors (Lipinski definition) is 1. The van der Waals surface area contributed by atoms with Gasteiger partial charge in [-0.05, 0) is 37.5 Å². The van der Waals surface area contributed by atoms with E-state index in [4.69, 9.17) is 34.5 Å². The van der Waals surface area contributed by atoms with Crippen molar-refractivity contribution in [2.45, 2.75) is 37.1 Å². The molecule has 2 heterocycles. The Morgan fingerprint density at radius 1 is 1.39 bits per heavy atom. The van der Waals surface area contributed by atoms with Gasteiger partial charge in [-0.3, -0.25) is 9.69 Å². The molecule has 1 N–H and O–H groups in total. The van der Waals surface area contributed by atoms with Crippen LogP contribution in [-0.4, -0.2) is 49.1 Å². The number of allylic oxidation sites excluding steroid dienone is 1. The van der Waals surface area contributed by atoms with Crippen LogP contribution in [0.25, 0.3) is 4.85 Å². The van der Waals surface area contributed by atoms with Crippen molar-refractivity contribution in [3.05, 3.63) is 46.7 Å². The fourth-order valence-corrected chi connectivity index (χ4v) is 3.92. The molecule has 3 rings (SSSR count). The predicted octanol–water partition coefficient (Wildman–Crippen LogP) is 4.25. The van der Waals surface area contributed by atoms with E-state index in [0.717, 1.165) is 30.5 Å². The minimum atomic E-state index is -1.20. The summed E-state index contributed by atoms with van der Waals surface area (Å²) >= 11 is 11.0. The highest BCUT2D eigenvalue weighted by Crippen LogP contribution is 2.31. The van der Waals surface area contributed by atoms with Crippen molar-refractivity contribution >= 4 is 46.6 Å². The standard InChI is InChI=1S/C21H23Cl2FN4O3/c1-3-17(25-2)13-6-8-27(9-7-13)18-5-4-14(10-16(18)24)28-12-15(31-21(28)30)11-26-20(29)19(22)23/h4-5,10,15,19H,3,6-9,11-12H2,1H3,(H,26,29)/t15-/m0/s1. The van der Waals surface area contributed by atoms with Gasteiger partial charge in [0.1, 0.15) is 11.9 Å². The maximum Gasteiger partial charge on any atom is 0.414 e. The number of amides is 2. The number of carbonyl (C=O) groups excluding carboxylic acids is 2. The average molecular weight is 469 g/mol. The minimum absolute atomic E-state index is 0.0611. The van der Waals surface area contributed by atoms with Crippen LogP contribution in [0, 0.1) is 12.4 Å². The largest absolute Gasteiger partial charge is 0.442 e. The van der Waals surface area contributed by atoms with Gasteiger partial charge in [-0.15, -0.1) is 0 Å².